The van der Waals surface area contributed by atoms with Crippen LogP contribution in [0, 0.1) is 0 Å². The molecule has 9 nitrogen and oxygen atoms in total. The Hall–Kier alpha value is -4.79. The van der Waals surface area contributed by atoms with E-state index in [9.17, 15) is 14.7 Å². The summed E-state index contributed by atoms with van der Waals surface area (Å²) in [4.78, 5) is 31.4. The van der Waals surface area contributed by atoms with E-state index in [2.05, 4.69) is 4.98 Å². The number of rotatable bonds is 8. The second-order valence-electron chi connectivity index (χ2n) is 8.43. The van der Waals surface area contributed by atoms with Crippen LogP contribution in [0.3, 0.4) is 0 Å². The van der Waals surface area contributed by atoms with Crippen LogP contribution in [-0.4, -0.2) is 37.9 Å². The van der Waals surface area contributed by atoms with Crippen molar-refractivity contribution in [3.05, 3.63) is 95.2 Å². The fraction of sp³-hybridized carbons (Fsp3) is 0.179. The lowest BCUT2D eigenvalue weighted by Crippen LogP contribution is -2.32. The number of benzene rings is 2. The molecule has 1 aliphatic heterocycles. The summed E-state index contributed by atoms with van der Waals surface area (Å²) >= 11 is 0. The van der Waals surface area contributed by atoms with Crippen molar-refractivity contribution in [1.82, 2.24) is 4.90 Å². The minimum atomic E-state index is -1.02. The van der Waals surface area contributed by atoms with E-state index in [0.717, 1.165) is 5.56 Å². The molecule has 1 atom stereocenters. The van der Waals surface area contributed by atoms with Gasteiger partial charge in [-0.25, -0.2) is 4.98 Å². The minimum absolute atomic E-state index is 0.0234. The van der Waals surface area contributed by atoms with E-state index in [1.165, 1.54) is 26.2 Å². The van der Waals surface area contributed by atoms with Gasteiger partial charge in [0.15, 0.2) is 29.7 Å². The lowest BCUT2D eigenvalue weighted by molar-refractivity contribution is -0.378. The van der Waals surface area contributed by atoms with Gasteiger partial charge >= 0.3 is 0 Å². The van der Waals surface area contributed by atoms with Gasteiger partial charge in [-0.1, -0.05) is 18.2 Å². The summed E-state index contributed by atoms with van der Waals surface area (Å²) in [5.41, 5.74) is 1.49. The number of hydrogen-bond donors (Lipinski definition) is 0. The van der Waals surface area contributed by atoms with Crippen LogP contribution in [0.5, 0.6) is 17.2 Å². The highest BCUT2D eigenvalue weighted by Gasteiger charge is 2.41. The van der Waals surface area contributed by atoms with Crippen LogP contribution in [0.2, 0.25) is 0 Å². The molecule has 1 unspecified atom stereocenters. The number of aromatic amines is 1. The first-order chi connectivity index (χ1) is 18.0. The van der Waals surface area contributed by atoms with Gasteiger partial charge in [0.2, 0.25) is 17.4 Å². The van der Waals surface area contributed by atoms with Gasteiger partial charge in [0.1, 0.15) is 5.58 Å². The third-order valence-electron chi connectivity index (χ3n) is 6.31. The lowest BCUT2D eigenvalue weighted by Gasteiger charge is -2.28. The van der Waals surface area contributed by atoms with Gasteiger partial charge in [-0.15, -0.1) is 0 Å². The SMILES string of the molecule is COc1cc(C2C(C(=O)c3cc4ccccc4o3)=C([O-])C(=O)N2Cc2ccc[nH+]c2)cc(OC)c1OC. The Morgan fingerprint density at radius 2 is 1.76 bits per heavy atom. The first-order valence-electron chi connectivity index (χ1n) is 11.5. The summed E-state index contributed by atoms with van der Waals surface area (Å²) in [7, 11) is 4.41. The molecule has 0 radical (unpaired) electrons. The summed E-state index contributed by atoms with van der Waals surface area (Å²) in [5, 5.41) is 14.1. The highest BCUT2D eigenvalue weighted by molar-refractivity contribution is 6.15. The zero-order valence-electron chi connectivity index (χ0n) is 20.4. The van der Waals surface area contributed by atoms with Crippen molar-refractivity contribution in [2.24, 2.45) is 0 Å². The number of H-pyrrole nitrogens is 1. The number of nitrogens with one attached hydrogen (secondary N) is 1. The number of hydrogen-bond acceptors (Lipinski definition) is 7. The average Bonchev–Trinajstić information content (AvgIpc) is 3.47. The number of nitrogens with zero attached hydrogens (tertiary/aromatic N) is 1. The third kappa shape index (κ3) is 4.14. The predicted molar refractivity (Wildman–Crippen MR) is 130 cm³/mol. The summed E-state index contributed by atoms with van der Waals surface area (Å²) < 4.78 is 22.2. The Bertz CT molecular complexity index is 1470. The number of aromatic nitrogens is 1. The number of furan rings is 1. The van der Waals surface area contributed by atoms with E-state index >= 15 is 0 Å². The van der Waals surface area contributed by atoms with E-state index in [1.807, 2.05) is 12.1 Å². The quantitative estimate of drug-likeness (QED) is 0.342. The fourth-order valence-electron chi connectivity index (χ4n) is 4.59. The van der Waals surface area contributed by atoms with Gasteiger partial charge in [0.25, 0.3) is 0 Å². The summed E-state index contributed by atoms with van der Waals surface area (Å²) in [6, 6.07) is 14.6. The Balaban J connectivity index is 1.67. The molecule has 0 saturated heterocycles. The van der Waals surface area contributed by atoms with Gasteiger partial charge in [-0.2, -0.15) is 0 Å². The second-order valence-corrected chi connectivity index (χ2v) is 8.43. The zero-order chi connectivity index (χ0) is 26.1. The van der Waals surface area contributed by atoms with Crippen LogP contribution < -0.4 is 24.3 Å². The number of carbonyl (C=O) groups is 2. The predicted octanol–water partition coefficient (Wildman–Crippen LogP) is 2.85. The number of ketones is 1. The highest BCUT2D eigenvalue weighted by atomic mass is 16.5. The van der Waals surface area contributed by atoms with E-state index in [1.54, 1.807) is 54.9 Å². The molecule has 0 saturated carbocycles. The maximum atomic E-state index is 13.8. The monoisotopic (exact) mass is 500 g/mol. The van der Waals surface area contributed by atoms with Crippen LogP contribution >= 0.6 is 0 Å². The molecule has 2 aromatic heterocycles. The van der Waals surface area contributed by atoms with Crippen LogP contribution in [0.15, 0.2) is 82.7 Å². The van der Waals surface area contributed by atoms with Gasteiger partial charge in [0.05, 0.1) is 33.9 Å². The maximum Gasteiger partial charge on any atom is 0.240 e. The van der Waals surface area contributed by atoms with Gasteiger partial charge in [-0.3, -0.25) is 9.59 Å². The Morgan fingerprint density at radius 3 is 2.38 bits per heavy atom. The van der Waals surface area contributed by atoms with Crippen molar-refractivity contribution in [2.45, 2.75) is 12.6 Å². The molecule has 0 spiro atoms. The van der Waals surface area contributed by atoms with Crippen molar-refractivity contribution in [3.8, 4) is 17.2 Å². The van der Waals surface area contributed by atoms with Gasteiger partial charge in [-0.05, 0) is 41.7 Å². The number of para-hydroxylation sites is 1. The Morgan fingerprint density at radius 1 is 1.03 bits per heavy atom. The third-order valence-corrected chi connectivity index (χ3v) is 6.31. The topological polar surface area (TPSA) is 115 Å². The van der Waals surface area contributed by atoms with Crippen molar-refractivity contribution >= 4 is 22.7 Å². The maximum absolute atomic E-state index is 13.8. The first-order valence-corrected chi connectivity index (χ1v) is 11.5. The molecule has 1 amide bonds. The number of ether oxygens (including phenoxy) is 3. The number of methoxy groups -OCH3 is 3. The summed E-state index contributed by atoms with van der Waals surface area (Å²) in [6.07, 6.45) is 3.46. The molecule has 9 heteroatoms. The van der Waals surface area contributed by atoms with E-state index in [4.69, 9.17) is 18.6 Å². The van der Waals surface area contributed by atoms with Gasteiger partial charge in [0, 0.05) is 22.6 Å². The molecule has 37 heavy (non-hydrogen) atoms. The molecule has 188 valence electrons. The normalized spacial score (nSPS) is 15.4. The number of amides is 1. The fourth-order valence-corrected chi connectivity index (χ4v) is 4.59. The van der Waals surface area contributed by atoms with Crippen LogP contribution in [0.1, 0.15) is 27.7 Å². The standard InChI is InChI=1S/C28H24N2O7/c1-34-21-12-18(13-22(35-2)27(21)36-3)24-23(25(31)20-11-17-8-4-5-9-19(17)37-20)26(32)28(33)30(24)15-16-7-6-10-29-14-16/h4-14,24,32H,15H2,1-3H3. The van der Waals surface area contributed by atoms with Crippen molar-refractivity contribution < 1.29 is 38.3 Å². The molecule has 4 aromatic rings. The number of Topliss-reactive ketones (excluding diaryl/α,β-unsaturated/α-hetero) is 1. The van der Waals surface area contributed by atoms with Gasteiger partial charge < -0.3 is 28.6 Å². The summed E-state index contributed by atoms with van der Waals surface area (Å²) in [6.45, 7) is 0.0835. The smallest absolute Gasteiger partial charge is 0.240 e. The van der Waals surface area contributed by atoms with E-state index in [-0.39, 0.29) is 17.9 Å². The molecule has 0 aliphatic carbocycles. The van der Waals surface area contributed by atoms with Crippen LogP contribution in [0.4, 0.5) is 0 Å². The van der Waals surface area contributed by atoms with Crippen molar-refractivity contribution in [3.63, 3.8) is 0 Å². The van der Waals surface area contributed by atoms with Crippen LogP contribution in [-0.2, 0) is 11.3 Å². The van der Waals surface area contributed by atoms with E-state index < -0.39 is 23.5 Å². The Kier molecular flexibility index (Phi) is 6.27. The molecular weight excluding hydrogens is 476 g/mol. The average molecular weight is 501 g/mol. The van der Waals surface area contributed by atoms with Crippen molar-refractivity contribution in [1.29, 1.82) is 0 Å². The number of carbonyl (C=O) groups excluding carboxylic acids is 2. The summed E-state index contributed by atoms with van der Waals surface area (Å²) in [5.74, 6) is -1.36. The molecule has 1 N–H and O–H groups in total. The molecule has 0 bridgehead atoms. The molecule has 1 aliphatic rings. The lowest BCUT2D eigenvalue weighted by atomic mass is 9.94. The minimum Gasteiger partial charge on any atom is -0.868 e. The molecular formula is C28H24N2O7. The Labute approximate surface area is 212 Å². The molecule has 0 fully saturated rings. The zero-order valence-corrected chi connectivity index (χ0v) is 20.4. The van der Waals surface area contributed by atoms with Crippen LogP contribution in [0.25, 0.3) is 11.0 Å². The second kappa shape index (κ2) is 9.69. The highest BCUT2D eigenvalue weighted by Crippen LogP contribution is 2.45. The molecule has 5 rings (SSSR count). The number of fused-ring (bicyclic) bond motifs is 1. The number of pyridine rings is 1. The molecule has 2 aromatic carbocycles. The first kappa shape index (κ1) is 23.9. The largest absolute Gasteiger partial charge is 0.868 e. The molecule has 3 heterocycles. The van der Waals surface area contributed by atoms with E-state index in [0.29, 0.717) is 33.8 Å². The van der Waals surface area contributed by atoms with Crippen molar-refractivity contribution in [2.75, 3.05) is 21.3 Å².